The molecule has 0 radical (unpaired) electrons. The number of anilines is 1. The zero-order chi connectivity index (χ0) is 21.1. The van der Waals surface area contributed by atoms with E-state index in [1.165, 1.54) is 14.0 Å². The molecule has 1 aliphatic heterocycles. The lowest BCUT2D eigenvalue weighted by Crippen LogP contribution is -2.30. The van der Waals surface area contributed by atoms with Crippen molar-refractivity contribution >= 4 is 28.3 Å². The monoisotopic (exact) mass is 407 g/mol. The van der Waals surface area contributed by atoms with Gasteiger partial charge in [0.15, 0.2) is 17.6 Å². The van der Waals surface area contributed by atoms with Gasteiger partial charge in [0.1, 0.15) is 24.5 Å². The van der Waals surface area contributed by atoms with Crippen LogP contribution >= 0.6 is 0 Å². The van der Waals surface area contributed by atoms with Gasteiger partial charge in [-0.1, -0.05) is 24.3 Å². The average molecular weight is 407 g/mol. The highest BCUT2D eigenvalue weighted by Crippen LogP contribution is 2.32. The van der Waals surface area contributed by atoms with Crippen molar-refractivity contribution in [2.24, 2.45) is 0 Å². The van der Waals surface area contributed by atoms with Crippen LogP contribution in [-0.4, -0.2) is 38.3 Å². The molecule has 0 unspecified atom stereocenters. The molecule has 0 saturated carbocycles. The number of hydrogen-bond donors (Lipinski definition) is 1. The van der Waals surface area contributed by atoms with Gasteiger partial charge in [-0.15, -0.1) is 0 Å². The first-order chi connectivity index (χ1) is 14.5. The summed E-state index contributed by atoms with van der Waals surface area (Å²) in [5.74, 6) is 0.479. The first-order valence-electron chi connectivity index (χ1n) is 9.53. The maximum absolute atomic E-state index is 12.7. The van der Waals surface area contributed by atoms with Gasteiger partial charge in [0.05, 0.1) is 7.11 Å². The van der Waals surface area contributed by atoms with Gasteiger partial charge in [-0.3, -0.25) is 4.79 Å². The number of amides is 1. The van der Waals surface area contributed by atoms with E-state index in [1.54, 1.807) is 30.3 Å². The Kier molecular flexibility index (Phi) is 5.43. The number of ether oxygens (including phenoxy) is 4. The number of benzene rings is 3. The number of fused-ring (bicyclic) bond motifs is 2. The first-order valence-corrected chi connectivity index (χ1v) is 9.53. The van der Waals surface area contributed by atoms with Gasteiger partial charge in [0, 0.05) is 11.8 Å². The maximum Gasteiger partial charge on any atom is 0.342 e. The van der Waals surface area contributed by atoms with Crippen molar-refractivity contribution in [3.63, 3.8) is 0 Å². The van der Waals surface area contributed by atoms with Crippen LogP contribution in [0.5, 0.6) is 17.2 Å². The summed E-state index contributed by atoms with van der Waals surface area (Å²) in [5.41, 5.74) is 0.783. The number of methoxy groups -OCH3 is 1. The topological polar surface area (TPSA) is 83.1 Å². The SMILES string of the molecule is COc1cc2ccccc2cc1C(=O)O[C@@H](C)C(=O)Nc1ccc2c(c1)OCCO2. The van der Waals surface area contributed by atoms with Crippen LogP contribution in [0.3, 0.4) is 0 Å². The molecule has 154 valence electrons. The zero-order valence-corrected chi connectivity index (χ0v) is 16.6. The van der Waals surface area contributed by atoms with E-state index < -0.39 is 18.0 Å². The summed E-state index contributed by atoms with van der Waals surface area (Å²) in [6.07, 6.45) is -1.01. The summed E-state index contributed by atoms with van der Waals surface area (Å²) in [4.78, 5) is 25.2. The Morgan fingerprint density at radius 2 is 1.67 bits per heavy atom. The fourth-order valence-corrected chi connectivity index (χ4v) is 3.19. The number of rotatable bonds is 5. The minimum Gasteiger partial charge on any atom is -0.496 e. The normalized spacial score (nSPS) is 13.4. The van der Waals surface area contributed by atoms with E-state index >= 15 is 0 Å². The van der Waals surface area contributed by atoms with Crippen LogP contribution in [0.25, 0.3) is 10.8 Å². The molecule has 0 aromatic heterocycles. The molecule has 1 amide bonds. The minimum atomic E-state index is -1.01. The van der Waals surface area contributed by atoms with Gasteiger partial charge in [-0.25, -0.2) is 4.79 Å². The van der Waals surface area contributed by atoms with Crippen molar-refractivity contribution in [3.05, 3.63) is 60.2 Å². The summed E-state index contributed by atoms with van der Waals surface area (Å²) >= 11 is 0. The predicted molar refractivity (Wildman–Crippen MR) is 111 cm³/mol. The molecule has 3 aromatic carbocycles. The van der Waals surface area contributed by atoms with Crippen molar-refractivity contribution in [1.82, 2.24) is 0 Å². The summed E-state index contributed by atoms with van der Waals surface area (Å²) in [6.45, 7) is 2.45. The lowest BCUT2D eigenvalue weighted by Gasteiger charge is -2.19. The van der Waals surface area contributed by atoms with Gasteiger partial charge < -0.3 is 24.3 Å². The number of nitrogens with one attached hydrogen (secondary N) is 1. The van der Waals surface area contributed by atoms with E-state index in [2.05, 4.69) is 5.32 Å². The molecule has 0 fully saturated rings. The largest absolute Gasteiger partial charge is 0.496 e. The Labute approximate surface area is 173 Å². The number of carbonyl (C=O) groups excluding carboxylic acids is 2. The van der Waals surface area contributed by atoms with Gasteiger partial charge >= 0.3 is 5.97 Å². The van der Waals surface area contributed by atoms with Crippen molar-refractivity contribution in [3.8, 4) is 17.2 Å². The Morgan fingerprint density at radius 1 is 0.967 bits per heavy atom. The summed E-state index contributed by atoms with van der Waals surface area (Å²) < 4.78 is 21.7. The first kappa shape index (κ1) is 19.6. The molecule has 4 rings (SSSR count). The van der Waals surface area contributed by atoms with Crippen LogP contribution < -0.4 is 19.5 Å². The molecule has 30 heavy (non-hydrogen) atoms. The van der Waals surface area contributed by atoms with Gasteiger partial charge in [-0.05, 0) is 42.0 Å². The van der Waals surface area contributed by atoms with Crippen molar-refractivity contribution in [2.45, 2.75) is 13.0 Å². The van der Waals surface area contributed by atoms with Gasteiger partial charge in [0.2, 0.25) is 0 Å². The molecule has 3 aromatic rings. The molecule has 0 spiro atoms. The smallest absolute Gasteiger partial charge is 0.342 e. The molecule has 0 saturated heterocycles. The van der Waals surface area contributed by atoms with Crippen molar-refractivity contribution < 1.29 is 28.5 Å². The molecule has 7 nitrogen and oxygen atoms in total. The Balaban J connectivity index is 1.46. The van der Waals surface area contributed by atoms with Crippen LogP contribution in [-0.2, 0) is 9.53 Å². The second-order valence-electron chi connectivity index (χ2n) is 6.79. The maximum atomic E-state index is 12.7. The predicted octanol–water partition coefficient (Wildman–Crippen LogP) is 3.80. The van der Waals surface area contributed by atoms with Crippen LogP contribution in [0, 0.1) is 0 Å². The van der Waals surface area contributed by atoms with E-state index in [9.17, 15) is 9.59 Å². The zero-order valence-electron chi connectivity index (χ0n) is 16.6. The van der Waals surface area contributed by atoms with Crippen LogP contribution in [0.4, 0.5) is 5.69 Å². The van der Waals surface area contributed by atoms with E-state index in [-0.39, 0.29) is 5.56 Å². The third-order valence-electron chi connectivity index (χ3n) is 4.75. The highest BCUT2D eigenvalue weighted by molar-refractivity contribution is 6.01. The number of carbonyl (C=O) groups is 2. The molecule has 0 bridgehead atoms. The summed E-state index contributed by atoms with van der Waals surface area (Å²) in [5, 5.41) is 4.54. The molecular weight excluding hydrogens is 386 g/mol. The fraction of sp³-hybridized carbons (Fsp3) is 0.217. The lowest BCUT2D eigenvalue weighted by molar-refractivity contribution is -0.123. The van der Waals surface area contributed by atoms with Gasteiger partial charge in [0.25, 0.3) is 5.91 Å². The lowest BCUT2D eigenvalue weighted by atomic mass is 10.1. The van der Waals surface area contributed by atoms with E-state index in [0.717, 1.165) is 10.8 Å². The minimum absolute atomic E-state index is 0.259. The third kappa shape index (κ3) is 4.00. The van der Waals surface area contributed by atoms with E-state index in [0.29, 0.717) is 36.1 Å². The molecule has 1 N–H and O–H groups in total. The quantitative estimate of drug-likeness (QED) is 0.648. The second kappa shape index (κ2) is 8.32. The standard InChI is InChI=1S/C23H21NO6/c1-14(22(25)24-17-7-8-19-21(13-17)29-10-9-28-19)30-23(26)18-11-15-5-3-4-6-16(15)12-20(18)27-2/h3-8,11-14H,9-10H2,1-2H3,(H,24,25)/t14-/m0/s1. The molecule has 1 aliphatic rings. The fourth-order valence-electron chi connectivity index (χ4n) is 3.19. The molecule has 0 aliphatic carbocycles. The Morgan fingerprint density at radius 3 is 2.40 bits per heavy atom. The van der Waals surface area contributed by atoms with Crippen LogP contribution in [0.1, 0.15) is 17.3 Å². The Hall–Kier alpha value is -3.74. The van der Waals surface area contributed by atoms with E-state index in [1.807, 2.05) is 24.3 Å². The number of esters is 1. The highest BCUT2D eigenvalue weighted by Gasteiger charge is 2.22. The van der Waals surface area contributed by atoms with Crippen LogP contribution in [0.15, 0.2) is 54.6 Å². The average Bonchev–Trinajstić information content (AvgIpc) is 2.77. The van der Waals surface area contributed by atoms with Crippen molar-refractivity contribution in [1.29, 1.82) is 0 Å². The van der Waals surface area contributed by atoms with Gasteiger partial charge in [-0.2, -0.15) is 0 Å². The molecular formula is C23H21NO6. The summed E-state index contributed by atoms with van der Waals surface area (Å²) in [7, 11) is 1.49. The molecule has 7 heteroatoms. The van der Waals surface area contributed by atoms with E-state index in [4.69, 9.17) is 18.9 Å². The Bertz CT molecular complexity index is 1110. The number of hydrogen-bond acceptors (Lipinski definition) is 6. The third-order valence-corrected chi connectivity index (χ3v) is 4.75. The second-order valence-corrected chi connectivity index (χ2v) is 6.79. The van der Waals surface area contributed by atoms with Crippen LogP contribution in [0.2, 0.25) is 0 Å². The molecule has 1 atom stereocenters. The van der Waals surface area contributed by atoms with Crippen molar-refractivity contribution in [2.75, 3.05) is 25.6 Å². The molecule has 1 heterocycles. The highest BCUT2D eigenvalue weighted by atomic mass is 16.6. The summed E-state index contributed by atoms with van der Waals surface area (Å²) in [6, 6.07) is 16.2.